The molecule has 0 aliphatic heterocycles. The number of anilines is 1. The largest absolute Gasteiger partial charge is 0.349 e. The average molecular weight is 369 g/mol. The molecule has 0 aromatic heterocycles. The summed E-state index contributed by atoms with van der Waals surface area (Å²) in [6.45, 7) is 1.98. The zero-order valence-electron chi connectivity index (χ0n) is 15.0. The minimum Gasteiger partial charge on any atom is -0.349 e. The summed E-state index contributed by atoms with van der Waals surface area (Å²) in [5.41, 5.74) is 4.45. The van der Waals surface area contributed by atoms with E-state index in [1.165, 1.54) is 22.9 Å². The Morgan fingerprint density at radius 2 is 1.88 bits per heavy atom. The van der Waals surface area contributed by atoms with Gasteiger partial charge in [0.1, 0.15) is 0 Å². The fourth-order valence-electron chi connectivity index (χ4n) is 3.30. The first-order valence-corrected chi connectivity index (χ1v) is 10.1. The van der Waals surface area contributed by atoms with Crippen LogP contribution in [-0.2, 0) is 16.0 Å². The van der Waals surface area contributed by atoms with Crippen LogP contribution < -0.4 is 10.6 Å². The Hall–Kier alpha value is -2.27. The van der Waals surface area contributed by atoms with Crippen LogP contribution in [0.1, 0.15) is 35.6 Å². The molecule has 1 unspecified atom stereocenters. The first-order chi connectivity index (χ1) is 12.6. The predicted molar refractivity (Wildman–Crippen MR) is 107 cm³/mol. The zero-order valence-corrected chi connectivity index (χ0v) is 15.8. The third kappa shape index (κ3) is 5.11. The van der Waals surface area contributed by atoms with Crippen molar-refractivity contribution < 1.29 is 9.59 Å². The molecule has 2 aromatic carbocycles. The molecule has 2 amide bonds. The second-order valence-electron chi connectivity index (χ2n) is 6.62. The number of nitrogens with one attached hydrogen (secondary N) is 2. The topological polar surface area (TPSA) is 58.2 Å². The molecule has 0 saturated heterocycles. The molecular weight excluding hydrogens is 344 g/mol. The van der Waals surface area contributed by atoms with Crippen LogP contribution in [0.3, 0.4) is 0 Å². The van der Waals surface area contributed by atoms with Crippen molar-refractivity contribution in [2.45, 2.75) is 32.2 Å². The number of carbonyl (C=O) groups is 2. The van der Waals surface area contributed by atoms with Crippen LogP contribution >= 0.6 is 11.8 Å². The number of hydrogen-bond acceptors (Lipinski definition) is 3. The summed E-state index contributed by atoms with van der Waals surface area (Å²) >= 11 is 1.34. The highest BCUT2D eigenvalue weighted by molar-refractivity contribution is 8.00. The monoisotopic (exact) mass is 368 g/mol. The molecule has 0 spiro atoms. The molecular formula is C21H24N2O2S. The summed E-state index contributed by atoms with van der Waals surface area (Å²) in [7, 11) is 0. The van der Waals surface area contributed by atoms with Crippen molar-refractivity contribution in [1.82, 2.24) is 5.32 Å². The van der Waals surface area contributed by atoms with Crippen molar-refractivity contribution in [2.75, 3.05) is 16.8 Å². The first kappa shape index (κ1) is 18.5. The minimum atomic E-state index is -0.0867. The lowest BCUT2D eigenvalue weighted by atomic mass is 9.88. The number of rotatable bonds is 6. The molecule has 1 atom stereocenters. The first-order valence-electron chi connectivity index (χ1n) is 8.93. The summed E-state index contributed by atoms with van der Waals surface area (Å²) < 4.78 is 0. The van der Waals surface area contributed by atoms with E-state index in [-0.39, 0.29) is 23.6 Å². The van der Waals surface area contributed by atoms with Gasteiger partial charge in [-0.3, -0.25) is 9.59 Å². The van der Waals surface area contributed by atoms with Crippen LogP contribution in [0.5, 0.6) is 0 Å². The highest BCUT2D eigenvalue weighted by Gasteiger charge is 2.21. The molecule has 1 aliphatic carbocycles. The second-order valence-corrected chi connectivity index (χ2v) is 7.61. The van der Waals surface area contributed by atoms with E-state index in [1.807, 2.05) is 43.3 Å². The number of thioether (sulfide) groups is 1. The lowest BCUT2D eigenvalue weighted by Gasteiger charge is -2.26. The number of benzene rings is 2. The van der Waals surface area contributed by atoms with Gasteiger partial charge in [0.25, 0.3) is 0 Å². The lowest BCUT2D eigenvalue weighted by Crippen LogP contribution is -2.32. The maximum absolute atomic E-state index is 12.2. The highest BCUT2D eigenvalue weighted by atomic mass is 32.2. The van der Waals surface area contributed by atoms with Gasteiger partial charge in [0.2, 0.25) is 11.8 Å². The van der Waals surface area contributed by atoms with Gasteiger partial charge in [-0.05, 0) is 55.0 Å². The van der Waals surface area contributed by atoms with Gasteiger partial charge >= 0.3 is 0 Å². The fourth-order valence-corrected chi connectivity index (χ4v) is 3.92. The smallest absolute Gasteiger partial charge is 0.234 e. The summed E-state index contributed by atoms with van der Waals surface area (Å²) in [5.74, 6) is 0.458. The third-order valence-electron chi connectivity index (χ3n) is 4.47. The SMILES string of the molecule is Cc1cccc(NC(=O)CSCC(=O)NC2CCCc3ccccc32)c1. The number of aryl methyl sites for hydroxylation is 2. The van der Waals surface area contributed by atoms with E-state index < -0.39 is 0 Å². The average Bonchev–Trinajstić information content (AvgIpc) is 2.62. The Bertz CT molecular complexity index is 791. The molecule has 4 nitrogen and oxygen atoms in total. The molecule has 0 fully saturated rings. The van der Waals surface area contributed by atoms with Gasteiger partial charge in [0.05, 0.1) is 17.5 Å². The third-order valence-corrected chi connectivity index (χ3v) is 5.41. The maximum Gasteiger partial charge on any atom is 0.234 e. The van der Waals surface area contributed by atoms with Crippen LogP contribution in [0.25, 0.3) is 0 Å². The Kier molecular flexibility index (Phi) is 6.34. The fraction of sp³-hybridized carbons (Fsp3) is 0.333. The Balaban J connectivity index is 1.43. The minimum absolute atomic E-state index is 0.0138. The predicted octanol–water partition coefficient (Wildman–Crippen LogP) is 3.86. The van der Waals surface area contributed by atoms with Crippen molar-refractivity contribution in [3.8, 4) is 0 Å². The van der Waals surface area contributed by atoms with E-state index in [9.17, 15) is 9.59 Å². The molecule has 26 heavy (non-hydrogen) atoms. The Labute approximate surface area is 158 Å². The number of amides is 2. The van der Waals surface area contributed by atoms with Crippen LogP contribution in [0, 0.1) is 6.92 Å². The summed E-state index contributed by atoms with van der Waals surface area (Å²) in [6, 6.07) is 16.1. The van der Waals surface area contributed by atoms with Gasteiger partial charge in [-0.25, -0.2) is 0 Å². The van der Waals surface area contributed by atoms with Gasteiger partial charge in [-0.2, -0.15) is 0 Å². The van der Waals surface area contributed by atoms with E-state index in [0.29, 0.717) is 5.75 Å². The standard InChI is InChI=1S/C21H24N2O2S/c1-15-6-4-9-17(12-15)22-20(24)13-26-14-21(25)23-19-11-5-8-16-7-2-3-10-18(16)19/h2-4,6-7,9-10,12,19H,5,8,11,13-14H2,1H3,(H,22,24)(H,23,25). The Morgan fingerprint density at radius 1 is 1.08 bits per heavy atom. The van der Waals surface area contributed by atoms with Gasteiger partial charge in [-0.15, -0.1) is 11.8 Å². The number of hydrogen-bond donors (Lipinski definition) is 2. The molecule has 0 heterocycles. The molecule has 3 rings (SSSR count). The van der Waals surface area contributed by atoms with E-state index in [1.54, 1.807) is 0 Å². The normalized spacial score (nSPS) is 15.8. The Morgan fingerprint density at radius 3 is 2.73 bits per heavy atom. The summed E-state index contributed by atoms with van der Waals surface area (Å²) in [5, 5.41) is 5.97. The van der Waals surface area contributed by atoms with Crippen molar-refractivity contribution in [3.05, 3.63) is 65.2 Å². The van der Waals surface area contributed by atoms with Crippen molar-refractivity contribution in [2.24, 2.45) is 0 Å². The highest BCUT2D eigenvalue weighted by Crippen LogP contribution is 2.29. The van der Waals surface area contributed by atoms with Crippen LogP contribution in [0.4, 0.5) is 5.69 Å². The molecule has 2 N–H and O–H groups in total. The second kappa shape index (κ2) is 8.90. The van der Waals surface area contributed by atoms with Crippen LogP contribution in [-0.4, -0.2) is 23.3 Å². The molecule has 1 aliphatic rings. The van der Waals surface area contributed by atoms with E-state index in [4.69, 9.17) is 0 Å². The zero-order chi connectivity index (χ0) is 18.4. The van der Waals surface area contributed by atoms with Crippen molar-refractivity contribution >= 4 is 29.3 Å². The summed E-state index contributed by atoms with van der Waals surface area (Å²) in [4.78, 5) is 24.2. The lowest BCUT2D eigenvalue weighted by molar-refractivity contribution is -0.119. The molecule has 0 saturated carbocycles. The molecule has 136 valence electrons. The quantitative estimate of drug-likeness (QED) is 0.814. The van der Waals surface area contributed by atoms with Crippen LogP contribution in [0.2, 0.25) is 0 Å². The van der Waals surface area contributed by atoms with Gasteiger partial charge < -0.3 is 10.6 Å². The van der Waals surface area contributed by atoms with Crippen molar-refractivity contribution in [3.63, 3.8) is 0 Å². The van der Waals surface area contributed by atoms with Crippen molar-refractivity contribution in [1.29, 1.82) is 0 Å². The van der Waals surface area contributed by atoms with Gasteiger partial charge in [0.15, 0.2) is 0 Å². The van der Waals surface area contributed by atoms with Crippen LogP contribution in [0.15, 0.2) is 48.5 Å². The summed E-state index contributed by atoms with van der Waals surface area (Å²) in [6.07, 6.45) is 3.14. The van der Waals surface area contributed by atoms with E-state index in [2.05, 4.69) is 22.8 Å². The number of carbonyl (C=O) groups excluding carboxylic acids is 2. The molecule has 0 radical (unpaired) electrons. The van der Waals surface area contributed by atoms with E-state index in [0.717, 1.165) is 30.5 Å². The number of fused-ring (bicyclic) bond motifs is 1. The molecule has 5 heteroatoms. The van der Waals surface area contributed by atoms with Gasteiger partial charge in [-0.1, -0.05) is 36.4 Å². The maximum atomic E-state index is 12.2. The van der Waals surface area contributed by atoms with Gasteiger partial charge in [0, 0.05) is 5.69 Å². The van der Waals surface area contributed by atoms with E-state index >= 15 is 0 Å². The molecule has 2 aromatic rings. The molecule has 0 bridgehead atoms.